The molecule has 0 atom stereocenters. The monoisotopic (exact) mass is 249 g/mol. The van der Waals surface area contributed by atoms with Crippen molar-refractivity contribution in [2.24, 2.45) is 5.92 Å². The summed E-state index contributed by atoms with van der Waals surface area (Å²) in [5, 5.41) is 8.40. The second-order valence-corrected chi connectivity index (χ2v) is 6.30. The van der Waals surface area contributed by atoms with Gasteiger partial charge in [-0.05, 0) is 32.1 Å². The third kappa shape index (κ3) is 3.45. The van der Waals surface area contributed by atoms with E-state index in [1.54, 1.807) is 0 Å². The zero-order valence-corrected chi connectivity index (χ0v) is 10.3. The van der Waals surface area contributed by atoms with Gasteiger partial charge in [0, 0.05) is 6.54 Å². The smallest absolute Gasteiger partial charge is 0.306 e. The molecule has 1 aliphatic carbocycles. The van der Waals surface area contributed by atoms with E-state index < -0.39 is 21.2 Å². The van der Waals surface area contributed by atoms with Crippen LogP contribution in [-0.4, -0.2) is 31.3 Å². The number of aliphatic carboxylic acids is 1. The highest BCUT2D eigenvalue weighted by Gasteiger charge is 2.32. The van der Waals surface area contributed by atoms with Gasteiger partial charge in [-0.15, -0.1) is 0 Å². The molecule has 6 heteroatoms. The second kappa shape index (κ2) is 5.63. The fourth-order valence-electron chi connectivity index (χ4n) is 1.98. The fourth-order valence-corrected chi connectivity index (χ4v) is 3.60. The van der Waals surface area contributed by atoms with Crippen LogP contribution in [0.15, 0.2) is 0 Å². The minimum absolute atomic E-state index is 0.363. The first kappa shape index (κ1) is 13.4. The molecule has 0 saturated heterocycles. The molecule has 0 unspecified atom stereocenters. The average Bonchev–Trinajstić information content (AvgIpc) is 2.26. The van der Waals surface area contributed by atoms with E-state index in [0.717, 1.165) is 6.42 Å². The van der Waals surface area contributed by atoms with Crippen LogP contribution in [0.4, 0.5) is 0 Å². The molecule has 1 aliphatic rings. The molecule has 2 N–H and O–H groups in total. The molecule has 0 amide bonds. The molecule has 5 nitrogen and oxygen atoms in total. The Balaban J connectivity index is 2.50. The van der Waals surface area contributed by atoms with Crippen molar-refractivity contribution >= 4 is 16.0 Å². The molecular weight excluding hydrogens is 230 g/mol. The summed E-state index contributed by atoms with van der Waals surface area (Å²) < 4.78 is 26.1. The summed E-state index contributed by atoms with van der Waals surface area (Å²) in [6.45, 7) is 2.37. The zero-order valence-electron chi connectivity index (χ0n) is 9.48. The summed E-state index contributed by atoms with van der Waals surface area (Å²) in [7, 11) is -3.24. The summed E-state index contributed by atoms with van der Waals surface area (Å²) >= 11 is 0. The number of hydrogen-bond acceptors (Lipinski definition) is 3. The Kier molecular flexibility index (Phi) is 4.73. The molecule has 0 spiro atoms. The lowest BCUT2D eigenvalue weighted by molar-refractivity contribution is -0.142. The van der Waals surface area contributed by atoms with Crippen LogP contribution in [0.5, 0.6) is 0 Å². The fraction of sp³-hybridized carbons (Fsp3) is 0.900. The maximum atomic E-state index is 11.8. The van der Waals surface area contributed by atoms with Crippen molar-refractivity contribution < 1.29 is 18.3 Å². The van der Waals surface area contributed by atoms with Crippen molar-refractivity contribution in [1.82, 2.24) is 4.72 Å². The zero-order chi connectivity index (χ0) is 12.2. The van der Waals surface area contributed by atoms with E-state index in [1.807, 2.05) is 6.92 Å². The third-order valence-electron chi connectivity index (χ3n) is 3.02. The Morgan fingerprint density at radius 2 is 1.88 bits per heavy atom. The Labute approximate surface area is 96.3 Å². The first-order valence-corrected chi connectivity index (χ1v) is 7.23. The SMILES string of the molecule is CCCNS(=O)(=O)C1CCC(C(=O)O)CC1. The molecular formula is C10H19NO4S. The highest BCUT2D eigenvalue weighted by Crippen LogP contribution is 2.28. The highest BCUT2D eigenvalue weighted by molar-refractivity contribution is 7.90. The van der Waals surface area contributed by atoms with E-state index in [-0.39, 0.29) is 5.92 Å². The maximum absolute atomic E-state index is 11.8. The van der Waals surface area contributed by atoms with Gasteiger partial charge in [0.05, 0.1) is 11.2 Å². The van der Waals surface area contributed by atoms with Crippen LogP contribution in [-0.2, 0) is 14.8 Å². The van der Waals surface area contributed by atoms with Crippen molar-refractivity contribution in [2.75, 3.05) is 6.54 Å². The minimum Gasteiger partial charge on any atom is -0.481 e. The van der Waals surface area contributed by atoms with E-state index in [0.29, 0.717) is 32.2 Å². The molecule has 0 aromatic carbocycles. The molecule has 0 aliphatic heterocycles. The van der Waals surface area contributed by atoms with Gasteiger partial charge >= 0.3 is 5.97 Å². The largest absolute Gasteiger partial charge is 0.481 e. The number of hydrogen-bond donors (Lipinski definition) is 2. The van der Waals surface area contributed by atoms with Gasteiger partial charge in [-0.3, -0.25) is 4.79 Å². The maximum Gasteiger partial charge on any atom is 0.306 e. The van der Waals surface area contributed by atoms with Gasteiger partial charge in [0.1, 0.15) is 0 Å². The lowest BCUT2D eigenvalue weighted by Crippen LogP contribution is -2.38. The number of rotatable bonds is 5. The van der Waals surface area contributed by atoms with Gasteiger partial charge in [0.25, 0.3) is 0 Å². The van der Waals surface area contributed by atoms with E-state index in [1.165, 1.54) is 0 Å². The molecule has 0 aromatic heterocycles. The van der Waals surface area contributed by atoms with Crippen LogP contribution in [0.2, 0.25) is 0 Å². The van der Waals surface area contributed by atoms with Crippen molar-refractivity contribution in [1.29, 1.82) is 0 Å². The van der Waals surface area contributed by atoms with Crippen LogP contribution >= 0.6 is 0 Å². The van der Waals surface area contributed by atoms with Crippen molar-refractivity contribution in [3.8, 4) is 0 Å². The van der Waals surface area contributed by atoms with Crippen LogP contribution in [0, 0.1) is 5.92 Å². The Morgan fingerprint density at radius 3 is 2.31 bits per heavy atom. The Hall–Kier alpha value is -0.620. The predicted molar refractivity (Wildman–Crippen MR) is 60.6 cm³/mol. The van der Waals surface area contributed by atoms with Crippen LogP contribution in [0.3, 0.4) is 0 Å². The number of carbonyl (C=O) groups is 1. The summed E-state index contributed by atoms with van der Waals surface area (Å²) in [4.78, 5) is 10.7. The second-order valence-electron chi connectivity index (χ2n) is 4.25. The average molecular weight is 249 g/mol. The highest BCUT2D eigenvalue weighted by atomic mass is 32.2. The van der Waals surface area contributed by atoms with Crippen LogP contribution in [0.25, 0.3) is 0 Å². The van der Waals surface area contributed by atoms with E-state index in [4.69, 9.17) is 5.11 Å². The lowest BCUT2D eigenvalue weighted by atomic mass is 9.89. The standard InChI is InChI=1S/C10H19NO4S/c1-2-7-11-16(14,15)9-5-3-8(4-6-9)10(12)13/h8-9,11H,2-7H2,1H3,(H,12,13). The summed E-state index contributed by atoms with van der Waals surface area (Å²) in [5.41, 5.74) is 0. The molecule has 0 radical (unpaired) electrons. The van der Waals surface area contributed by atoms with Gasteiger partial charge in [-0.25, -0.2) is 13.1 Å². The van der Waals surface area contributed by atoms with Crippen LogP contribution in [0.1, 0.15) is 39.0 Å². The molecule has 0 heterocycles. The van der Waals surface area contributed by atoms with Crippen molar-refractivity contribution in [3.05, 3.63) is 0 Å². The van der Waals surface area contributed by atoms with Gasteiger partial charge < -0.3 is 5.11 Å². The molecule has 0 bridgehead atoms. The van der Waals surface area contributed by atoms with Crippen molar-refractivity contribution in [2.45, 2.75) is 44.3 Å². The Bertz CT molecular complexity index is 331. The number of sulfonamides is 1. The number of carboxylic acids is 1. The summed E-state index contributed by atoms with van der Waals surface area (Å²) in [6, 6.07) is 0. The van der Waals surface area contributed by atoms with Gasteiger partial charge in [-0.2, -0.15) is 0 Å². The first-order chi connectivity index (χ1) is 7.47. The quantitative estimate of drug-likeness (QED) is 0.760. The number of carboxylic acid groups (broad SMARTS) is 1. The third-order valence-corrected chi connectivity index (χ3v) is 4.97. The van der Waals surface area contributed by atoms with Gasteiger partial charge in [0.2, 0.25) is 10.0 Å². The molecule has 16 heavy (non-hydrogen) atoms. The number of nitrogens with one attached hydrogen (secondary N) is 1. The molecule has 1 rings (SSSR count). The normalized spacial score (nSPS) is 26.6. The summed E-state index contributed by atoms with van der Waals surface area (Å²) in [5.74, 6) is -1.17. The van der Waals surface area contributed by atoms with E-state index in [2.05, 4.69) is 4.72 Å². The first-order valence-electron chi connectivity index (χ1n) is 5.68. The van der Waals surface area contributed by atoms with E-state index >= 15 is 0 Å². The van der Waals surface area contributed by atoms with Gasteiger partial charge in [0.15, 0.2) is 0 Å². The van der Waals surface area contributed by atoms with Crippen molar-refractivity contribution in [3.63, 3.8) is 0 Å². The minimum atomic E-state index is -3.24. The summed E-state index contributed by atoms with van der Waals surface area (Å²) in [6.07, 6.45) is 2.61. The van der Waals surface area contributed by atoms with Gasteiger partial charge in [-0.1, -0.05) is 6.92 Å². The Morgan fingerprint density at radius 1 is 1.31 bits per heavy atom. The predicted octanol–water partition coefficient (Wildman–Crippen LogP) is 0.959. The van der Waals surface area contributed by atoms with Crippen LogP contribution < -0.4 is 4.72 Å². The topological polar surface area (TPSA) is 83.5 Å². The molecule has 1 saturated carbocycles. The molecule has 94 valence electrons. The lowest BCUT2D eigenvalue weighted by Gasteiger charge is -2.25. The van der Waals surface area contributed by atoms with E-state index in [9.17, 15) is 13.2 Å². The molecule has 0 aromatic rings. The molecule has 1 fully saturated rings.